The fourth-order valence-electron chi connectivity index (χ4n) is 2.20. The maximum absolute atomic E-state index is 9.68. The minimum Gasteiger partial charge on any atom is -0.393 e. The van der Waals surface area contributed by atoms with Crippen molar-refractivity contribution in [3.05, 3.63) is 24.0 Å². The quantitative estimate of drug-likeness (QED) is 0.813. The second kappa shape index (κ2) is 5.02. The molecule has 0 aliphatic carbocycles. The predicted octanol–water partition coefficient (Wildman–Crippen LogP) is 1.34. The summed E-state index contributed by atoms with van der Waals surface area (Å²) in [6, 6.07) is 3.84. The van der Waals surface area contributed by atoms with E-state index < -0.39 is 6.10 Å². The highest BCUT2D eigenvalue weighted by Crippen LogP contribution is 2.23. The first-order chi connectivity index (χ1) is 8.08. The molecule has 1 saturated heterocycles. The highest BCUT2D eigenvalue weighted by atomic mass is 16.3. The predicted molar refractivity (Wildman–Crippen MR) is 66.9 cm³/mol. The number of pyridine rings is 1. The third-order valence-corrected chi connectivity index (χ3v) is 3.42. The van der Waals surface area contributed by atoms with Crippen LogP contribution < -0.4 is 4.90 Å². The van der Waals surface area contributed by atoms with Gasteiger partial charge in [-0.25, -0.2) is 0 Å². The fourth-order valence-corrected chi connectivity index (χ4v) is 2.20. The molecular formula is C13H20N2O2. The minimum absolute atomic E-state index is 0.184. The highest BCUT2D eigenvalue weighted by Gasteiger charge is 2.24. The average molecular weight is 236 g/mol. The van der Waals surface area contributed by atoms with Gasteiger partial charge in [-0.1, -0.05) is 6.92 Å². The Morgan fingerprint density at radius 1 is 1.47 bits per heavy atom. The first-order valence-electron chi connectivity index (χ1n) is 6.15. The lowest BCUT2D eigenvalue weighted by Gasteiger charge is -2.35. The zero-order valence-corrected chi connectivity index (χ0v) is 10.4. The van der Waals surface area contributed by atoms with E-state index in [2.05, 4.69) is 16.8 Å². The van der Waals surface area contributed by atoms with Gasteiger partial charge in [0.05, 0.1) is 29.8 Å². The number of nitrogens with zero attached hydrogens (tertiary/aromatic N) is 2. The van der Waals surface area contributed by atoms with Crippen LogP contribution in [0.5, 0.6) is 0 Å². The van der Waals surface area contributed by atoms with Gasteiger partial charge in [-0.05, 0) is 31.4 Å². The number of piperidine rings is 1. The molecule has 4 nitrogen and oxygen atoms in total. The smallest absolute Gasteiger partial charge is 0.0931 e. The summed E-state index contributed by atoms with van der Waals surface area (Å²) in [6.45, 7) is 5.49. The van der Waals surface area contributed by atoms with Crippen LogP contribution >= 0.6 is 0 Å². The van der Waals surface area contributed by atoms with Gasteiger partial charge in [0.2, 0.25) is 0 Å². The van der Waals surface area contributed by atoms with E-state index in [1.165, 1.54) is 0 Å². The van der Waals surface area contributed by atoms with Crippen LogP contribution in [-0.2, 0) is 0 Å². The van der Waals surface area contributed by atoms with E-state index in [-0.39, 0.29) is 6.10 Å². The number of aliphatic hydroxyl groups excluding tert-OH is 2. The Hall–Kier alpha value is -1.13. The van der Waals surface area contributed by atoms with E-state index in [1.807, 2.05) is 12.1 Å². The number of hydrogen-bond donors (Lipinski definition) is 2. The van der Waals surface area contributed by atoms with E-state index in [1.54, 1.807) is 13.1 Å². The molecule has 17 heavy (non-hydrogen) atoms. The third kappa shape index (κ3) is 2.76. The Kier molecular flexibility index (Phi) is 3.64. The monoisotopic (exact) mass is 236 g/mol. The molecule has 3 unspecified atom stereocenters. The number of hydrogen-bond acceptors (Lipinski definition) is 4. The molecule has 3 atom stereocenters. The van der Waals surface area contributed by atoms with Crippen molar-refractivity contribution in [1.82, 2.24) is 4.98 Å². The second-order valence-corrected chi connectivity index (χ2v) is 4.90. The Balaban J connectivity index is 2.07. The fraction of sp³-hybridized carbons (Fsp3) is 0.615. The van der Waals surface area contributed by atoms with Gasteiger partial charge in [0.25, 0.3) is 0 Å². The molecule has 1 aromatic rings. The summed E-state index contributed by atoms with van der Waals surface area (Å²) >= 11 is 0. The van der Waals surface area contributed by atoms with E-state index in [0.29, 0.717) is 11.6 Å². The summed E-state index contributed by atoms with van der Waals surface area (Å²) in [5.41, 5.74) is 1.76. The highest BCUT2D eigenvalue weighted by molar-refractivity contribution is 5.45. The van der Waals surface area contributed by atoms with Gasteiger partial charge >= 0.3 is 0 Å². The van der Waals surface area contributed by atoms with Crippen LogP contribution in [0.25, 0.3) is 0 Å². The van der Waals surface area contributed by atoms with Gasteiger partial charge in [-0.15, -0.1) is 0 Å². The standard InChI is InChI=1S/C13H20N2O2/c1-9-8-15(6-5-13(9)17)11-3-4-12(10(2)16)14-7-11/h3-4,7,9-10,13,16-17H,5-6,8H2,1-2H3. The first-order valence-corrected chi connectivity index (χ1v) is 6.15. The topological polar surface area (TPSA) is 56.6 Å². The maximum Gasteiger partial charge on any atom is 0.0931 e. The van der Waals surface area contributed by atoms with Crippen molar-refractivity contribution in [2.45, 2.75) is 32.5 Å². The lowest BCUT2D eigenvalue weighted by atomic mass is 9.96. The number of aromatic nitrogens is 1. The lowest BCUT2D eigenvalue weighted by molar-refractivity contribution is 0.0971. The molecule has 1 aliphatic heterocycles. The molecule has 1 aromatic heterocycles. The molecule has 2 N–H and O–H groups in total. The minimum atomic E-state index is -0.522. The largest absolute Gasteiger partial charge is 0.393 e. The van der Waals surface area contributed by atoms with E-state index >= 15 is 0 Å². The van der Waals surface area contributed by atoms with E-state index in [4.69, 9.17) is 0 Å². The van der Waals surface area contributed by atoms with Crippen LogP contribution in [0.2, 0.25) is 0 Å². The molecule has 0 amide bonds. The Morgan fingerprint density at radius 3 is 2.76 bits per heavy atom. The van der Waals surface area contributed by atoms with Crippen molar-refractivity contribution in [3.63, 3.8) is 0 Å². The molecule has 2 heterocycles. The van der Waals surface area contributed by atoms with Gasteiger partial charge in [-0.2, -0.15) is 0 Å². The zero-order valence-electron chi connectivity index (χ0n) is 10.4. The number of rotatable bonds is 2. The molecule has 94 valence electrons. The van der Waals surface area contributed by atoms with E-state index in [0.717, 1.165) is 25.2 Å². The lowest BCUT2D eigenvalue weighted by Crippen LogP contribution is -2.42. The maximum atomic E-state index is 9.68. The van der Waals surface area contributed by atoms with Gasteiger partial charge in [-0.3, -0.25) is 4.98 Å². The van der Waals surface area contributed by atoms with Crippen LogP contribution in [0.15, 0.2) is 18.3 Å². The summed E-state index contributed by atoms with van der Waals surface area (Å²) in [5, 5.41) is 19.1. The van der Waals surface area contributed by atoms with Crippen molar-refractivity contribution >= 4 is 5.69 Å². The molecule has 2 rings (SSSR count). The molecule has 0 aromatic carbocycles. The Bertz CT molecular complexity index is 364. The van der Waals surface area contributed by atoms with Crippen molar-refractivity contribution in [3.8, 4) is 0 Å². The molecule has 1 aliphatic rings. The van der Waals surface area contributed by atoms with Crippen molar-refractivity contribution < 1.29 is 10.2 Å². The summed E-state index contributed by atoms with van der Waals surface area (Å²) in [5.74, 6) is 0.292. The van der Waals surface area contributed by atoms with Gasteiger partial charge in [0, 0.05) is 13.1 Å². The van der Waals surface area contributed by atoms with Gasteiger partial charge in [0.1, 0.15) is 0 Å². The van der Waals surface area contributed by atoms with Gasteiger partial charge < -0.3 is 15.1 Å². The van der Waals surface area contributed by atoms with Gasteiger partial charge in [0.15, 0.2) is 0 Å². The van der Waals surface area contributed by atoms with Crippen LogP contribution in [0.1, 0.15) is 32.1 Å². The molecule has 0 bridgehead atoms. The molecule has 4 heteroatoms. The van der Waals surface area contributed by atoms with E-state index in [9.17, 15) is 10.2 Å². The Labute approximate surface area is 102 Å². The van der Waals surface area contributed by atoms with Crippen LogP contribution in [0, 0.1) is 5.92 Å². The summed E-state index contributed by atoms with van der Waals surface area (Å²) in [7, 11) is 0. The molecular weight excluding hydrogens is 216 g/mol. The molecule has 0 radical (unpaired) electrons. The van der Waals surface area contributed by atoms with Crippen molar-refractivity contribution in [2.75, 3.05) is 18.0 Å². The van der Waals surface area contributed by atoms with Crippen LogP contribution in [0.4, 0.5) is 5.69 Å². The SMILES string of the molecule is CC(O)c1ccc(N2CCC(O)C(C)C2)cn1. The molecule has 0 spiro atoms. The van der Waals surface area contributed by atoms with Crippen molar-refractivity contribution in [1.29, 1.82) is 0 Å². The second-order valence-electron chi connectivity index (χ2n) is 4.90. The molecule has 1 fully saturated rings. The zero-order chi connectivity index (χ0) is 12.4. The first kappa shape index (κ1) is 12.3. The number of anilines is 1. The molecule has 0 saturated carbocycles. The van der Waals surface area contributed by atoms with Crippen LogP contribution in [0.3, 0.4) is 0 Å². The summed E-state index contributed by atoms with van der Waals surface area (Å²) in [6.07, 6.45) is 1.90. The van der Waals surface area contributed by atoms with Crippen molar-refractivity contribution in [2.24, 2.45) is 5.92 Å². The average Bonchev–Trinajstić information content (AvgIpc) is 2.33. The third-order valence-electron chi connectivity index (χ3n) is 3.42. The summed E-state index contributed by atoms with van der Waals surface area (Å²) in [4.78, 5) is 6.48. The summed E-state index contributed by atoms with van der Waals surface area (Å²) < 4.78 is 0. The number of aliphatic hydroxyl groups is 2. The Morgan fingerprint density at radius 2 is 2.24 bits per heavy atom. The normalized spacial score (nSPS) is 26.9. The van der Waals surface area contributed by atoms with Crippen LogP contribution in [-0.4, -0.2) is 34.4 Å².